The van der Waals surface area contributed by atoms with Gasteiger partial charge in [0.25, 0.3) is 0 Å². The van der Waals surface area contributed by atoms with Crippen molar-refractivity contribution in [3.8, 4) is 11.4 Å². The molecule has 1 heterocycles. The summed E-state index contributed by atoms with van der Waals surface area (Å²) in [6.45, 7) is 1.45. The van der Waals surface area contributed by atoms with E-state index < -0.39 is 0 Å². The number of aromatic amines is 1. The molecular formula is C24H22N4O2. The van der Waals surface area contributed by atoms with Gasteiger partial charge in [-0.05, 0) is 29.8 Å². The van der Waals surface area contributed by atoms with Crippen LogP contribution in [0.25, 0.3) is 22.4 Å². The van der Waals surface area contributed by atoms with Crippen LogP contribution in [-0.2, 0) is 9.59 Å². The maximum Gasteiger partial charge on any atom is 0.226 e. The summed E-state index contributed by atoms with van der Waals surface area (Å²) in [6, 6.07) is 24.4. The molecule has 0 aliphatic rings. The summed E-state index contributed by atoms with van der Waals surface area (Å²) >= 11 is 0. The molecule has 0 fully saturated rings. The molecule has 0 saturated heterocycles. The quantitative estimate of drug-likeness (QED) is 0.449. The van der Waals surface area contributed by atoms with Gasteiger partial charge in [0.15, 0.2) is 0 Å². The van der Waals surface area contributed by atoms with E-state index in [-0.39, 0.29) is 24.3 Å². The molecule has 0 spiro atoms. The number of imidazole rings is 1. The second kappa shape index (κ2) is 8.61. The highest BCUT2D eigenvalue weighted by Gasteiger charge is 2.17. The van der Waals surface area contributed by atoms with E-state index in [1.807, 2.05) is 78.9 Å². The maximum absolute atomic E-state index is 12.7. The van der Waals surface area contributed by atoms with E-state index in [0.29, 0.717) is 5.69 Å². The number of amides is 2. The number of carbonyl (C=O) groups excluding carboxylic acids is 2. The number of benzene rings is 3. The van der Waals surface area contributed by atoms with E-state index in [1.54, 1.807) is 0 Å². The van der Waals surface area contributed by atoms with Gasteiger partial charge >= 0.3 is 0 Å². The lowest BCUT2D eigenvalue weighted by atomic mass is 10.0. The van der Waals surface area contributed by atoms with Gasteiger partial charge in [-0.1, -0.05) is 54.6 Å². The summed E-state index contributed by atoms with van der Waals surface area (Å²) in [6.07, 6.45) is 0.137. The summed E-state index contributed by atoms with van der Waals surface area (Å²) in [7, 11) is 0. The summed E-state index contributed by atoms with van der Waals surface area (Å²) in [4.78, 5) is 32.2. The van der Waals surface area contributed by atoms with Crippen molar-refractivity contribution in [2.24, 2.45) is 0 Å². The van der Waals surface area contributed by atoms with Gasteiger partial charge in [0, 0.05) is 18.2 Å². The van der Waals surface area contributed by atoms with Crippen molar-refractivity contribution < 1.29 is 9.59 Å². The van der Waals surface area contributed by atoms with Crippen LogP contribution in [0, 0.1) is 0 Å². The van der Waals surface area contributed by atoms with Crippen LogP contribution in [-0.4, -0.2) is 21.8 Å². The molecule has 0 bridgehead atoms. The number of rotatable bonds is 6. The third kappa shape index (κ3) is 4.55. The Kier molecular flexibility index (Phi) is 5.57. The fraction of sp³-hybridized carbons (Fsp3) is 0.125. The smallest absolute Gasteiger partial charge is 0.226 e. The predicted molar refractivity (Wildman–Crippen MR) is 118 cm³/mol. The molecule has 4 aromatic rings. The number of nitrogens with one attached hydrogen (secondary N) is 3. The highest BCUT2D eigenvalue weighted by atomic mass is 16.2. The van der Waals surface area contributed by atoms with Crippen LogP contribution >= 0.6 is 0 Å². The molecule has 1 atom stereocenters. The van der Waals surface area contributed by atoms with Crippen LogP contribution in [0.3, 0.4) is 0 Å². The van der Waals surface area contributed by atoms with E-state index in [9.17, 15) is 9.59 Å². The monoisotopic (exact) mass is 398 g/mol. The normalized spacial score (nSPS) is 11.8. The summed E-state index contributed by atoms with van der Waals surface area (Å²) < 4.78 is 0. The average Bonchev–Trinajstić information content (AvgIpc) is 3.18. The fourth-order valence-corrected chi connectivity index (χ4v) is 3.41. The zero-order valence-corrected chi connectivity index (χ0v) is 16.6. The van der Waals surface area contributed by atoms with Gasteiger partial charge in [-0.2, -0.15) is 0 Å². The summed E-state index contributed by atoms with van der Waals surface area (Å²) in [5.74, 6) is 0.385. The minimum Gasteiger partial charge on any atom is -0.349 e. The third-order valence-electron chi connectivity index (χ3n) is 4.78. The first-order chi connectivity index (χ1) is 14.6. The molecule has 4 rings (SSSR count). The highest BCUT2D eigenvalue weighted by Crippen LogP contribution is 2.24. The SMILES string of the molecule is CC(=O)N[C@H](CC(=O)Nc1cccc(-c2nc3ccccc3[nH]2)c1)c1ccccc1. The molecule has 0 saturated carbocycles. The first-order valence-electron chi connectivity index (χ1n) is 9.75. The molecule has 0 aliphatic carbocycles. The first-order valence-corrected chi connectivity index (χ1v) is 9.75. The zero-order valence-electron chi connectivity index (χ0n) is 16.6. The molecule has 150 valence electrons. The van der Waals surface area contributed by atoms with E-state index in [2.05, 4.69) is 20.6 Å². The van der Waals surface area contributed by atoms with Crippen LogP contribution in [0.4, 0.5) is 5.69 Å². The van der Waals surface area contributed by atoms with Gasteiger partial charge in [-0.15, -0.1) is 0 Å². The molecule has 2 amide bonds. The minimum atomic E-state index is -0.387. The van der Waals surface area contributed by atoms with E-state index in [4.69, 9.17) is 0 Å². The van der Waals surface area contributed by atoms with E-state index in [0.717, 1.165) is 28.0 Å². The number of aromatic nitrogens is 2. The van der Waals surface area contributed by atoms with Crippen molar-refractivity contribution in [3.05, 3.63) is 84.4 Å². The van der Waals surface area contributed by atoms with Crippen molar-refractivity contribution >= 4 is 28.5 Å². The number of hydrogen-bond donors (Lipinski definition) is 3. The molecule has 0 radical (unpaired) electrons. The summed E-state index contributed by atoms with van der Waals surface area (Å²) in [5, 5.41) is 5.78. The van der Waals surface area contributed by atoms with Crippen LogP contribution in [0.1, 0.15) is 24.9 Å². The molecule has 3 aromatic carbocycles. The number of anilines is 1. The number of nitrogens with zero attached hydrogens (tertiary/aromatic N) is 1. The largest absolute Gasteiger partial charge is 0.349 e. The lowest BCUT2D eigenvalue weighted by molar-refractivity contribution is -0.120. The molecule has 6 nitrogen and oxygen atoms in total. The van der Waals surface area contributed by atoms with E-state index >= 15 is 0 Å². The number of fused-ring (bicyclic) bond motifs is 1. The van der Waals surface area contributed by atoms with Crippen molar-refractivity contribution in [3.63, 3.8) is 0 Å². The second-order valence-electron chi connectivity index (χ2n) is 7.10. The molecule has 30 heavy (non-hydrogen) atoms. The Morgan fingerprint density at radius 2 is 1.73 bits per heavy atom. The van der Waals surface area contributed by atoms with Gasteiger partial charge in [0.2, 0.25) is 11.8 Å². The Morgan fingerprint density at radius 1 is 0.967 bits per heavy atom. The lowest BCUT2D eigenvalue weighted by Gasteiger charge is -2.18. The molecule has 6 heteroatoms. The summed E-state index contributed by atoms with van der Waals surface area (Å²) in [5.41, 5.74) is 4.29. The highest BCUT2D eigenvalue weighted by molar-refractivity contribution is 5.92. The Hall–Kier alpha value is -3.93. The minimum absolute atomic E-state index is 0.137. The van der Waals surface area contributed by atoms with Crippen molar-refractivity contribution in [1.82, 2.24) is 15.3 Å². The predicted octanol–water partition coefficient (Wildman–Crippen LogP) is 4.44. The third-order valence-corrected chi connectivity index (χ3v) is 4.78. The topological polar surface area (TPSA) is 86.9 Å². The van der Waals surface area contributed by atoms with Crippen LogP contribution in [0.5, 0.6) is 0 Å². The van der Waals surface area contributed by atoms with Gasteiger partial charge < -0.3 is 15.6 Å². The number of para-hydroxylation sites is 2. The molecule has 0 unspecified atom stereocenters. The Morgan fingerprint density at radius 3 is 2.50 bits per heavy atom. The zero-order chi connectivity index (χ0) is 20.9. The van der Waals surface area contributed by atoms with Crippen LogP contribution in [0.15, 0.2) is 78.9 Å². The average molecular weight is 398 g/mol. The van der Waals surface area contributed by atoms with Gasteiger partial charge in [-0.25, -0.2) is 4.98 Å². The Labute approximate surface area is 174 Å². The number of H-pyrrole nitrogens is 1. The van der Waals surface area contributed by atoms with Gasteiger partial charge in [0.1, 0.15) is 5.82 Å². The Balaban J connectivity index is 1.50. The second-order valence-corrected chi connectivity index (χ2v) is 7.10. The Bertz CT molecular complexity index is 1150. The lowest BCUT2D eigenvalue weighted by Crippen LogP contribution is -2.29. The van der Waals surface area contributed by atoms with Crippen LogP contribution < -0.4 is 10.6 Å². The maximum atomic E-state index is 12.7. The fourth-order valence-electron chi connectivity index (χ4n) is 3.41. The standard InChI is InChI=1S/C24H22N4O2/c1-16(29)25-22(17-8-3-2-4-9-17)15-23(30)26-19-11-7-10-18(14-19)24-27-20-12-5-6-13-21(20)28-24/h2-14,22H,15H2,1H3,(H,25,29)(H,26,30)(H,27,28)/t22-/m1/s1. The molecular weight excluding hydrogens is 376 g/mol. The molecule has 1 aromatic heterocycles. The molecule has 0 aliphatic heterocycles. The molecule has 3 N–H and O–H groups in total. The number of carbonyl (C=O) groups is 2. The van der Waals surface area contributed by atoms with E-state index in [1.165, 1.54) is 6.92 Å². The van der Waals surface area contributed by atoms with Gasteiger partial charge in [0.05, 0.1) is 23.5 Å². The van der Waals surface area contributed by atoms with Crippen LogP contribution in [0.2, 0.25) is 0 Å². The van der Waals surface area contributed by atoms with Gasteiger partial charge in [-0.3, -0.25) is 9.59 Å². The first kappa shape index (κ1) is 19.4. The van der Waals surface area contributed by atoms with Crippen molar-refractivity contribution in [2.45, 2.75) is 19.4 Å². The van der Waals surface area contributed by atoms with Crippen molar-refractivity contribution in [1.29, 1.82) is 0 Å². The number of hydrogen-bond acceptors (Lipinski definition) is 3. The van der Waals surface area contributed by atoms with Crippen molar-refractivity contribution in [2.75, 3.05) is 5.32 Å².